The SMILES string of the molecule is CC(C)C[C@@H](CO)NC(=O)[C@]12CCC(C)(C)C=C1[C@H]1CC[C@@H]3[C@@]4(C)CC[C@H](OC(=O)CC(C)(C)C(=O)O)C(C)(C)[C@@H]4CC[C@@]3(C)[C@]1(C)CC2. The number of carboxylic acid groups (broad SMARTS) is 1. The van der Waals surface area contributed by atoms with Crippen molar-refractivity contribution in [3.05, 3.63) is 11.6 Å². The van der Waals surface area contributed by atoms with E-state index in [4.69, 9.17) is 4.74 Å². The minimum Gasteiger partial charge on any atom is -0.481 e. The van der Waals surface area contributed by atoms with Crippen molar-refractivity contribution in [3.63, 3.8) is 0 Å². The van der Waals surface area contributed by atoms with Crippen molar-refractivity contribution in [2.45, 2.75) is 165 Å². The zero-order chi connectivity index (χ0) is 36.6. The number of hydrogen-bond acceptors (Lipinski definition) is 5. The number of carboxylic acids is 1. The van der Waals surface area contributed by atoms with E-state index >= 15 is 0 Å². The molecular weight excluding hydrogens is 614 g/mol. The molecule has 1 amide bonds. The molecule has 4 saturated carbocycles. The molecular formula is C42H69NO6. The minimum atomic E-state index is -1.15. The van der Waals surface area contributed by atoms with Gasteiger partial charge in [0, 0.05) is 5.41 Å². The fourth-order valence-corrected chi connectivity index (χ4v) is 12.6. The van der Waals surface area contributed by atoms with E-state index in [0.29, 0.717) is 23.7 Å². The Morgan fingerprint density at radius 3 is 2.14 bits per heavy atom. The summed E-state index contributed by atoms with van der Waals surface area (Å²) < 4.78 is 6.16. The standard InChI is InChI=1S/C42H69NO6/c1-26(2)22-27(25-44)43-34(46)42-20-18-36(3,4)23-29(42)28-12-13-31-39(9)16-15-32(49-33(45)24-37(5,6)35(47)48)38(7,8)30(39)14-17-41(31,11)40(28,10)19-21-42/h23,26-28,30-32,44H,12-22,24-25H2,1-11H3,(H,43,46)(H,47,48)/t27-,28+,30-,31+,32-,39-,40+,41+,42-/m0/s1. The van der Waals surface area contributed by atoms with Gasteiger partial charge >= 0.3 is 11.9 Å². The van der Waals surface area contributed by atoms with Gasteiger partial charge in [-0.1, -0.05) is 74.0 Å². The second kappa shape index (κ2) is 12.7. The summed E-state index contributed by atoms with van der Waals surface area (Å²) >= 11 is 0. The van der Waals surface area contributed by atoms with Crippen LogP contribution in [0.5, 0.6) is 0 Å². The van der Waals surface area contributed by atoms with Crippen molar-refractivity contribution in [2.24, 2.45) is 61.6 Å². The molecule has 0 bridgehead atoms. The Balaban J connectivity index is 1.42. The van der Waals surface area contributed by atoms with E-state index in [1.165, 1.54) is 5.57 Å². The van der Waals surface area contributed by atoms with Crippen LogP contribution < -0.4 is 5.32 Å². The maximum absolute atomic E-state index is 14.5. The third-order valence-electron chi connectivity index (χ3n) is 15.7. The Morgan fingerprint density at radius 1 is 0.878 bits per heavy atom. The average molecular weight is 684 g/mol. The Labute approximate surface area is 297 Å². The van der Waals surface area contributed by atoms with Crippen LogP contribution in [0.25, 0.3) is 0 Å². The summed E-state index contributed by atoms with van der Waals surface area (Å²) in [7, 11) is 0. The molecule has 49 heavy (non-hydrogen) atoms. The summed E-state index contributed by atoms with van der Waals surface area (Å²) in [6.45, 7) is 24.4. The van der Waals surface area contributed by atoms with Crippen molar-refractivity contribution in [1.82, 2.24) is 5.32 Å². The van der Waals surface area contributed by atoms with Gasteiger partial charge in [-0.05, 0) is 130 Å². The normalized spacial score (nSPS) is 40.1. The summed E-state index contributed by atoms with van der Waals surface area (Å²) in [6.07, 6.45) is 13.0. The maximum Gasteiger partial charge on any atom is 0.309 e. The van der Waals surface area contributed by atoms with Gasteiger partial charge in [-0.3, -0.25) is 14.4 Å². The quantitative estimate of drug-likeness (QED) is 0.166. The highest BCUT2D eigenvalue weighted by atomic mass is 16.5. The average Bonchev–Trinajstić information content (AvgIpc) is 2.97. The summed E-state index contributed by atoms with van der Waals surface area (Å²) in [5, 5.41) is 23.1. The van der Waals surface area contributed by atoms with Crippen molar-refractivity contribution >= 4 is 17.8 Å². The second-order valence-corrected chi connectivity index (χ2v) is 20.5. The number of fused-ring (bicyclic) bond motifs is 7. The smallest absolute Gasteiger partial charge is 0.309 e. The van der Waals surface area contributed by atoms with Crippen molar-refractivity contribution in [3.8, 4) is 0 Å². The van der Waals surface area contributed by atoms with Crippen LogP contribution in [0.15, 0.2) is 11.6 Å². The van der Waals surface area contributed by atoms with Crippen LogP contribution in [0.3, 0.4) is 0 Å². The number of aliphatic hydroxyl groups excluding tert-OH is 1. The highest BCUT2D eigenvalue weighted by Gasteiger charge is 2.70. The van der Waals surface area contributed by atoms with Gasteiger partial charge in [0.25, 0.3) is 0 Å². The van der Waals surface area contributed by atoms with Crippen molar-refractivity contribution in [1.29, 1.82) is 0 Å². The lowest BCUT2D eigenvalue weighted by Gasteiger charge is -2.72. The molecule has 0 saturated heterocycles. The highest BCUT2D eigenvalue weighted by molar-refractivity contribution is 5.87. The number of allylic oxidation sites excluding steroid dienone is 1. The van der Waals surface area contributed by atoms with Crippen LogP contribution >= 0.6 is 0 Å². The molecule has 5 aliphatic rings. The molecule has 5 rings (SSSR count). The second-order valence-electron chi connectivity index (χ2n) is 20.5. The first-order chi connectivity index (χ1) is 22.5. The van der Waals surface area contributed by atoms with E-state index in [1.54, 1.807) is 13.8 Å². The van der Waals surface area contributed by atoms with Gasteiger partial charge in [-0.25, -0.2) is 0 Å². The first-order valence-corrected chi connectivity index (χ1v) is 19.6. The predicted octanol–water partition coefficient (Wildman–Crippen LogP) is 8.72. The minimum absolute atomic E-state index is 0.0259. The molecule has 4 fully saturated rings. The van der Waals surface area contributed by atoms with Gasteiger partial charge in [0.1, 0.15) is 6.10 Å². The Bertz CT molecular complexity index is 1350. The molecule has 0 unspecified atom stereocenters. The fourth-order valence-electron chi connectivity index (χ4n) is 12.6. The van der Waals surface area contributed by atoms with E-state index in [9.17, 15) is 24.6 Å². The number of aliphatic hydroxyl groups is 1. The van der Waals surface area contributed by atoms with Crippen LogP contribution in [-0.2, 0) is 19.1 Å². The number of aliphatic carboxylic acids is 1. The summed E-state index contributed by atoms with van der Waals surface area (Å²) in [5.74, 6) is 0.432. The van der Waals surface area contributed by atoms with E-state index in [-0.39, 0.29) is 58.2 Å². The number of rotatable bonds is 9. The third kappa shape index (κ3) is 6.22. The van der Waals surface area contributed by atoms with Gasteiger partial charge in [0.05, 0.1) is 29.9 Å². The number of nitrogens with one attached hydrogen (secondary N) is 1. The van der Waals surface area contributed by atoms with E-state index in [0.717, 1.165) is 70.6 Å². The fraction of sp³-hybridized carbons (Fsp3) is 0.881. The van der Waals surface area contributed by atoms with Crippen LogP contribution in [0.4, 0.5) is 0 Å². The first kappa shape index (κ1) is 38.3. The molecule has 0 radical (unpaired) electrons. The topological polar surface area (TPSA) is 113 Å². The van der Waals surface area contributed by atoms with E-state index in [2.05, 4.69) is 73.7 Å². The Hall–Kier alpha value is -1.89. The van der Waals surface area contributed by atoms with Gasteiger partial charge in [0.2, 0.25) is 5.91 Å². The number of ether oxygens (including phenoxy) is 1. The number of carbonyl (C=O) groups is 3. The van der Waals surface area contributed by atoms with Gasteiger partial charge < -0.3 is 20.3 Å². The maximum atomic E-state index is 14.5. The molecule has 0 aromatic rings. The van der Waals surface area contributed by atoms with Crippen LogP contribution in [-0.4, -0.2) is 46.8 Å². The first-order valence-electron chi connectivity index (χ1n) is 19.6. The summed E-state index contributed by atoms with van der Waals surface area (Å²) in [6, 6.07) is -0.212. The molecule has 5 aliphatic carbocycles. The molecule has 7 nitrogen and oxygen atoms in total. The molecule has 0 aliphatic heterocycles. The lowest BCUT2D eigenvalue weighted by molar-refractivity contribution is -0.234. The van der Waals surface area contributed by atoms with Crippen LogP contribution in [0.1, 0.15) is 153 Å². The number of carbonyl (C=O) groups excluding carboxylic acids is 2. The van der Waals surface area contributed by atoms with Crippen LogP contribution in [0, 0.1) is 61.6 Å². The van der Waals surface area contributed by atoms with Crippen LogP contribution in [0.2, 0.25) is 0 Å². The largest absolute Gasteiger partial charge is 0.481 e. The zero-order valence-corrected chi connectivity index (χ0v) is 32.8. The highest BCUT2D eigenvalue weighted by Crippen LogP contribution is 2.76. The molecule has 3 N–H and O–H groups in total. The molecule has 0 aromatic heterocycles. The van der Waals surface area contributed by atoms with Gasteiger partial charge in [0.15, 0.2) is 0 Å². The van der Waals surface area contributed by atoms with Gasteiger partial charge in [-0.15, -0.1) is 0 Å². The number of esters is 1. The molecule has 7 heteroatoms. The monoisotopic (exact) mass is 684 g/mol. The zero-order valence-electron chi connectivity index (χ0n) is 32.8. The summed E-state index contributed by atoms with van der Waals surface area (Å²) in [5.41, 5.74) is -0.140. The molecule has 0 spiro atoms. The Morgan fingerprint density at radius 2 is 1.53 bits per heavy atom. The molecule has 9 atom stereocenters. The number of amides is 1. The van der Waals surface area contributed by atoms with Crippen molar-refractivity contribution in [2.75, 3.05) is 6.61 Å². The predicted molar refractivity (Wildman–Crippen MR) is 193 cm³/mol. The van der Waals surface area contributed by atoms with Gasteiger partial charge in [-0.2, -0.15) is 0 Å². The van der Waals surface area contributed by atoms with Crippen molar-refractivity contribution < 1.29 is 29.3 Å². The third-order valence-corrected chi connectivity index (χ3v) is 15.7. The van der Waals surface area contributed by atoms with E-state index in [1.807, 2.05) is 0 Å². The molecule has 278 valence electrons. The summed E-state index contributed by atoms with van der Waals surface area (Å²) in [4.78, 5) is 39.2. The molecule has 0 heterocycles. The lowest BCUT2D eigenvalue weighted by Crippen LogP contribution is -2.66. The number of hydrogen-bond donors (Lipinski definition) is 3. The molecule has 0 aromatic carbocycles. The lowest BCUT2D eigenvalue weighted by atomic mass is 9.32. The Kier molecular flexibility index (Phi) is 9.90. The van der Waals surface area contributed by atoms with E-state index < -0.39 is 22.8 Å².